The summed E-state index contributed by atoms with van der Waals surface area (Å²) in [7, 11) is -2.23. The fourth-order valence-corrected chi connectivity index (χ4v) is 3.55. The Kier molecular flexibility index (Phi) is 3.82. The van der Waals surface area contributed by atoms with Gasteiger partial charge in [0.2, 0.25) is 0 Å². The van der Waals surface area contributed by atoms with E-state index >= 15 is 0 Å². The lowest BCUT2D eigenvalue weighted by Crippen LogP contribution is -2.16. The molecular weight excluding hydrogens is 286 g/mol. The Bertz CT molecular complexity index is 680. The predicted octanol–water partition coefficient (Wildman–Crippen LogP) is 1.30. The van der Waals surface area contributed by atoms with Crippen molar-refractivity contribution < 1.29 is 13.2 Å². The van der Waals surface area contributed by atoms with Crippen LogP contribution in [0.1, 0.15) is 9.67 Å². The molecule has 2 heterocycles. The zero-order valence-corrected chi connectivity index (χ0v) is 11.6. The highest BCUT2D eigenvalue weighted by molar-refractivity contribution is 7.92. The normalized spacial score (nSPS) is 11.0. The van der Waals surface area contributed by atoms with E-state index in [2.05, 4.69) is 15.0 Å². The van der Waals surface area contributed by atoms with Crippen LogP contribution < -0.4 is 10.0 Å². The lowest BCUT2D eigenvalue weighted by Gasteiger charge is -2.04. The third-order valence-corrected chi connectivity index (χ3v) is 4.65. The number of hydrogen-bond acceptors (Lipinski definition) is 5. The third-order valence-electron chi connectivity index (χ3n) is 2.24. The molecule has 0 unspecified atom stereocenters. The molecule has 19 heavy (non-hydrogen) atoms. The average molecular weight is 297 g/mol. The van der Waals surface area contributed by atoms with Crippen molar-refractivity contribution in [3.05, 3.63) is 40.7 Å². The van der Waals surface area contributed by atoms with E-state index in [-0.39, 0.29) is 16.6 Å². The summed E-state index contributed by atoms with van der Waals surface area (Å²) < 4.78 is 26.4. The molecule has 2 N–H and O–H groups in total. The van der Waals surface area contributed by atoms with Gasteiger partial charge >= 0.3 is 0 Å². The largest absolute Gasteiger partial charge is 0.354 e. The van der Waals surface area contributed by atoms with E-state index in [9.17, 15) is 13.2 Å². The van der Waals surface area contributed by atoms with Crippen LogP contribution in [0.25, 0.3) is 0 Å². The highest BCUT2D eigenvalue weighted by atomic mass is 32.2. The molecule has 0 fully saturated rings. The van der Waals surface area contributed by atoms with E-state index in [0.29, 0.717) is 4.88 Å². The zero-order valence-electron chi connectivity index (χ0n) is 9.95. The highest BCUT2D eigenvalue weighted by Gasteiger charge is 2.18. The predicted molar refractivity (Wildman–Crippen MR) is 72.8 cm³/mol. The second-order valence-electron chi connectivity index (χ2n) is 3.55. The molecule has 100 valence electrons. The molecule has 0 spiro atoms. The van der Waals surface area contributed by atoms with E-state index in [0.717, 1.165) is 11.3 Å². The Morgan fingerprint density at radius 3 is 2.79 bits per heavy atom. The van der Waals surface area contributed by atoms with Crippen molar-refractivity contribution in [1.29, 1.82) is 0 Å². The van der Waals surface area contributed by atoms with Gasteiger partial charge in [0.25, 0.3) is 15.9 Å². The van der Waals surface area contributed by atoms with Crippen molar-refractivity contribution in [1.82, 2.24) is 10.3 Å². The van der Waals surface area contributed by atoms with Crippen molar-refractivity contribution in [2.24, 2.45) is 0 Å². The van der Waals surface area contributed by atoms with E-state index < -0.39 is 10.0 Å². The number of nitrogens with zero attached hydrogens (tertiary/aromatic N) is 1. The number of rotatable bonds is 4. The zero-order chi connectivity index (χ0) is 13.9. The summed E-state index contributed by atoms with van der Waals surface area (Å²) in [4.78, 5) is 15.6. The second-order valence-corrected chi connectivity index (χ2v) is 6.14. The number of nitrogens with one attached hydrogen (secondary N) is 2. The Labute approximate surface area is 114 Å². The molecule has 2 aromatic heterocycles. The molecule has 0 saturated carbocycles. The summed E-state index contributed by atoms with van der Waals surface area (Å²) in [5.74, 6) is -0.0838. The van der Waals surface area contributed by atoms with Crippen molar-refractivity contribution in [2.75, 3.05) is 11.8 Å². The molecule has 0 aliphatic heterocycles. The standard InChI is InChI=1S/C11H11N3O3S2/c1-12-11(15)9-6-8(7-18-9)19(16,17)14-10-4-2-3-5-13-10/h2-7H,1H3,(H,12,15)(H,13,14). The van der Waals surface area contributed by atoms with Crippen LogP contribution in [-0.4, -0.2) is 26.4 Å². The minimum atomic E-state index is -3.72. The number of thiophene rings is 1. The van der Waals surface area contributed by atoms with Crippen LogP contribution in [0.5, 0.6) is 0 Å². The van der Waals surface area contributed by atoms with Crippen LogP contribution in [0, 0.1) is 0 Å². The van der Waals surface area contributed by atoms with Gasteiger partial charge in [-0.3, -0.25) is 9.52 Å². The quantitative estimate of drug-likeness (QED) is 0.890. The van der Waals surface area contributed by atoms with E-state index in [1.165, 1.54) is 24.7 Å². The number of hydrogen-bond donors (Lipinski definition) is 2. The number of amides is 1. The Morgan fingerprint density at radius 1 is 1.37 bits per heavy atom. The highest BCUT2D eigenvalue weighted by Crippen LogP contribution is 2.21. The Morgan fingerprint density at radius 2 is 2.16 bits per heavy atom. The van der Waals surface area contributed by atoms with Gasteiger partial charge in [0.15, 0.2) is 0 Å². The molecule has 0 aromatic carbocycles. The molecule has 0 aliphatic rings. The topological polar surface area (TPSA) is 88.2 Å². The molecule has 0 radical (unpaired) electrons. The molecule has 0 aliphatic carbocycles. The summed E-state index contributed by atoms with van der Waals surface area (Å²) in [5.41, 5.74) is 0. The number of pyridine rings is 1. The second kappa shape index (κ2) is 5.37. The van der Waals surface area contributed by atoms with Gasteiger partial charge in [-0.1, -0.05) is 6.07 Å². The van der Waals surface area contributed by atoms with Gasteiger partial charge in [-0.15, -0.1) is 11.3 Å². The van der Waals surface area contributed by atoms with Gasteiger partial charge in [0.05, 0.1) is 9.77 Å². The van der Waals surface area contributed by atoms with Gasteiger partial charge < -0.3 is 5.32 Å². The fourth-order valence-electron chi connectivity index (χ4n) is 1.32. The maximum Gasteiger partial charge on any atom is 0.263 e. The van der Waals surface area contributed by atoms with Crippen LogP contribution in [0.4, 0.5) is 5.82 Å². The molecule has 1 amide bonds. The molecule has 6 nitrogen and oxygen atoms in total. The van der Waals surface area contributed by atoms with E-state index in [1.807, 2.05) is 0 Å². The van der Waals surface area contributed by atoms with Gasteiger partial charge in [-0.05, 0) is 18.2 Å². The third kappa shape index (κ3) is 3.09. The number of carbonyl (C=O) groups is 1. The molecular formula is C11H11N3O3S2. The number of anilines is 1. The lowest BCUT2D eigenvalue weighted by molar-refractivity contribution is 0.0967. The van der Waals surface area contributed by atoms with Gasteiger partial charge in [-0.2, -0.15) is 0 Å². The number of aromatic nitrogens is 1. The van der Waals surface area contributed by atoms with Crippen molar-refractivity contribution in [3.63, 3.8) is 0 Å². The SMILES string of the molecule is CNC(=O)c1cc(S(=O)(=O)Nc2ccccn2)cs1. The van der Waals surface area contributed by atoms with Crippen molar-refractivity contribution in [3.8, 4) is 0 Å². The summed E-state index contributed by atoms with van der Waals surface area (Å²) >= 11 is 1.07. The molecule has 2 rings (SSSR count). The summed E-state index contributed by atoms with van der Waals surface area (Å²) in [6.45, 7) is 0. The van der Waals surface area contributed by atoms with Gasteiger partial charge in [0.1, 0.15) is 5.82 Å². The summed E-state index contributed by atoms with van der Waals surface area (Å²) in [5, 5.41) is 3.85. The first-order chi connectivity index (χ1) is 9.03. The Hall–Kier alpha value is -1.93. The van der Waals surface area contributed by atoms with Crippen LogP contribution in [0.15, 0.2) is 40.7 Å². The molecule has 0 atom stereocenters. The molecule has 0 bridgehead atoms. The first-order valence-electron chi connectivity index (χ1n) is 5.27. The molecule has 0 saturated heterocycles. The molecule has 2 aromatic rings. The van der Waals surface area contributed by atoms with Crippen molar-refractivity contribution >= 4 is 33.1 Å². The van der Waals surface area contributed by atoms with Crippen LogP contribution in [-0.2, 0) is 10.0 Å². The maximum absolute atomic E-state index is 12.0. The van der Waals surface area contributed by atoms with Crippen LogP contribution >= 0.6 is 11.3 Å². The van der Waals surface area contributed by atoms with Gasteiger partial charge in [0, 0.05) is 18.6 Å². The first-order valence-corrected chi connectivity index (χ1v) is 7.63. The van der Waals surface area contributed by atoms with Gasteiger partial charge in [-0.25, -0.2) is 13.4 Å². The summed E-state index contributed by atoms with van der Waals surface area (Å²) in [6, 6.07) is 6.23. The summed E-state index contributed by atoms with van der Waals surface area (Å²) in [6.07, 6.45) is 1.49. The number of carbonyl (C=O) groups excluding carboxylic acids is 1. The average Bonchev–Trinajstić information content (AvgIpc) is 2.89. The first kappa shape index (κ1) is 13.5. The minimum Gasteiger partial charge on any atom is -0.354 e. The van der Waals surface area contributed by atoms with Crippen LogP contribution in [0.3, 0.4) is 0 Å². The smallest absolute Gasteiger partial charge is 0.263 e. The monoisotopic (exact) mass is 297 g/mol. The fraction of sp³-hybridized carbons (Fsp3) is 0.0909. The van der Waals surface area contributed by atoms with Crippen molar-refractivity contribution in [2.45, 2.75) is 4.90 Å². The van der Waals surface area contributed by atoms with E-state index in [4.69, 9.17) is 0 Å². The number of sulfonamides is 1. The van der Waals surface area contributed by atoms with Crippen LogP contribution in [0.2, 0.25) is 0 Å². The van der Waals surface area contributed by atoms with E-state index in [1.54, 1.807) is 18.2 Å². The maximum atomic E-state index is 12.0. The molecule has 8 heteroatoms. The Balaban J connectivity index is 2.25. The lowest BCUT2D eigenvalue weighted by atomic mass is 10.4. The minimum absolute atomic E-state index is 0.0433.